The van der Waals surface area contributed by atoms with Crippen LogP contribution in [0.25, 0.3) is 0 Å². The first kappa shape index (κ1) is 13.5. The van der Waals surface area contributed by atoms with Gasteiger partial charge in [-0.1, -0.05) is 30.3 Å². The Morgan fingerprint density at radius 3 is 2.84 bits per heavy atom. The van der Waals surface area contributed by atoms with Crippen molar-refractivity contribution in [2.75, 3.05) is 26.7 Å². The monoisotopic (exact) mass is 262 g/mol. The summed E-state index contributed by atoms with van der Waals surface area (Å²) in [5, 5.41) is 2.83. The summed E-state index contributed by atoms with van der Waals surface area (Å²) in [4.78, 5) is 25.2. The van der Waals surface area contributed by atoms with E-state index in [0.29, 0.717) is 19.5 Å². The van der Waals surface area contributed by atoms with E-state index in [1.54, 1.807) is 0 Å². The molecule has 0 radical (unpaired) electrons. The molecule has 0 bridgehead atoms. The molecule has 5 nitrogen and oxygen atoms in total. The van der Waals surface area contributed by atoms with Crippen molar-refractivity contribution in [3.63, 3.8) is 0 Å². The van der Waals surface area contributed by atoms with Crippen LogP contribution in [0.2, 0.25) is 0 Å². The summed E-state index contributed by atoms with van der Waals surface area (Å²) in [6, 6.07) is 9.69. The van der Waals surface area contributed by atoms with Crippen molar-refractivity contribution >= 4 is 11.9 Å². The minimum absolute atomic E-state index is 0.0150. The summed E-state index contributed by atoms with van der Waals surface area (Å²) in [6.07, 6.45) is 0.362. The number of esters is 1. The maximum absolute atomic E-state index is 11.7. The maximum atomic E-state index is 11.7. The first-order chi connectivity index (χ1) is 9.20. The van der Waals surface area contributed by atoms with Crippen molar-refractivity contribution in [3.05, 3.63) is 35.9 Å². The molecule has 1 aromatic rings. The molecule has 2 rings (SSSR count). The smallest absolute Gasteiger partial charge is 0.319 e. The van der Waals surface area contributed by atoms with Crippen molar-refractivity contribution in [1.29, 1.82) is 0 Å². The van der Waals surface area contributed by atoms with E-state index >= 15 is 0 Å². The van der Waals surface area contributed by atoms with Gasteiger partial charge >= 0.3 is 5.97 Å². The van der Waals surface area contributed by atoms with Gasteiger partial charge in [-0.05, 0) is 5.56 Å². The quantitative estimate of drug-likeness (QED) is 0.816. The molecule has 1 aliphatic rings. The van der Waals surface area contributed by atoms with Gasteiger partial charge < -0.3 is 10.1 Å². The van der Waals surface area contributed by atoms with Crippen LogP contribution in [0.4, 0.5) is 0 Å². The summed E-state index contributed by atoms with van der Waals surface area (Å²) in [5.74, 6) is -0.267. The maximum Gasteiger partial charge on any atom is 0.319 e. The molecule has 1 saturated heterocycles. The van der Waals surface area contributed by atoms with Gasteiger partial charge in [-0.2, -0.15) is 0 Å². The Morgan fingerprint density at radius 2 is 2.16 bits per heavy atom. The number of amides is 1. The predicted octanol–water partition coefficient (Wildman–Crippen LogP) is 0.723. The second kappa shape index (κ2) is 6.33. The average Bonchev–Trinajstić information content (AvgIpc) is 2.61. The highest BCUT2D eigenvalue weighted by molar-refractivity contribution is 5.77. The molecule has 1 unspecified atom stereocenters. The second-order valence-corrected chi connectivity index (χ2v) is 4.53. The fourth-order valence-corrected chi connectivity index (χ4v) is 2.30. The van der Waals surface area contributed by atoms with Gasteiger partial charge in [-0.25, -0.2) is 0 Å². The van der Waals surface area contributed by atoms with E-state index in [9.17, 15) is 9.59 Å². The fourth-order valence-electron chi connectivity index (χ4n) is 2.30. The lowest BCUT2D eigenvalue weighted by Gasteiger charge is -2.28. The number of ether oxygens (including phenoxy) is 1. The van der Waals surface area contributed by atoms with E-state index in [4.69, 9.17) is 4.74 Å². The topological polar surface area (TPSA) is 58.6 Å². The number of nitrogens with zero attached hydrogens (tertiary/aromatic N) is 1. The van der Waals surface area contributed by atoms with Crippen LogP contribution in [0, 0.1) is 0 Å². The number of benzene rings is 1. The molecule has 1 amide bonds. The molecule has 1 N–H and O–H groups in total. The first-order valence-corrected chi connectivity index (χ1v) is 6.33. The average molecular weight is 262 g/mol. The Balaban J connectivity index is 2.21. The number of carbonyl (C=O) groups is 2. The molecule has 1 fully saturated rings. The lowest BCUT2D eigenvalue weighted by molar-refractivity contribution is -0.142. The molecule has 1 aliphatic heterocycles. The Bertz CT molecular complexity index is 447. The van der Waals surface area contributed by atoms with Gasteiger partial charge in [0.05, 0.1) is 13.7 Å². The fraction of sp³-hybridized carbons (Fsp3) is 0.429. The summed E-state index contributed by atoms with van der Waals surface area (Å²) < 4.78 is 4.72. The number of nitrogens with one attached hydrogen (secondary N) is 1. The zero-order valence-corrected chi connectivity index (χ0v) is 11.0. The van der Waals surface area contributed by atoms with E-state index in [1.165, 1.54) is 7.11 Å². The van der Waals surface area contributed by atoms with Crippen LogP contribution < -0.4 is 5.32 Å². The number of methoxy groups -OCH3 is 1. The van der Waals surface area contributed by atoms with Crippen molar-refractivity contribution in [2.24, 2.45) is 0 Å². The third-order valence-electron chi connectivity index (χ3n) is 3.28. The molecule has 0 saturated carbocycles. The highest BCUT2D eigenvalue weighted by atomic mass is 16.5. The van der Waals surface area contributed by atoms with Crippen LogP contribution >= 0.6 is 0 Å². The molecule has 102 valence electrons. The Kier molecular flexibility index (Phi) is 4.52. The molecule has 1 atom stereocenters. The normalized spacial score (nSPS) is 20.5. The number of hydrogen-bond acceptors (Lipinski definition) is 4. The van der Waals surface area contributed by atoms with E-state index in [1.807, 2.05) is 35.2 Å². The van der Waals surface area contributed by atoms with Crippen LogP contribution in [0.1, 0.15) is 18.0 Å². The summed E-state index contributed by atoms with van der Waals surface area (Å²) >= 11 is 0. The van der Waals surface area contributed by atoms with Gasteiger partial charge in [0.15, 0.2) is 0 Å². The lowest BCUT2D eigenvalue weighted by atomic mass is 10.0. The Labute approximate surface area is 112 Å². The number of carbonyl (C=O) groups excluding carboxylic acids is 2. The van der Waals surface area contributed by atoms with Gasteiger partial charge in [0, 0.05) is 25.6 Å². The van der Waals surface area contributed by atoms with Crippen LogP contribution in [-0.2, 0) is 14.3 Å². The molecule has 0 aliphatic carbocycles. The highest BCUT2D eigenvalue weighted by Crippen LogP contribution is 2.25. The summed E-state index contributed by atoms with van der Waals surface area (Å²) in [5.41, 5.74) is 1.04. The molecule has 1 aromatic carbocycles. The largest absolute Gasteiger partial charge is 0.468 e. The van der Waals surface area contributed by atoms with Crippen molar-refractivity contribution in [1.82, 2.24) is 10.2 Å². The number of hydrogen-bond donors (Lipinski definition) is 1. The van der Waals surface area contributed by atoms with Crippen LogP contribution in [-0.4, -0.2) is 43.5 Å². The molecule has 0 aromatic heterocycles. The minimum atomic E-state index is -0.282. The third kappa shape index (κ3) is 3.54. The number of rotatable bonds is 3. The second-order valence-electron chi connectivity index (χ2n) is 4.53. The van der Waals surface area contributed by atoms with Crippen LogP contribution in [0.15, 0.2) is 30.3 Å². The molecule has 1 heterocycles. The Morgan fingerprint density at radius 1 is 1.42 bits per heavy atom. The lowest BCUT2D eigenvalue weighted by Crippen LogP contribution is -2.35. The van der Waals surface area contributed by atoms with Crippen molar-refractivity contribution in [3.8, 4) is 0 Å². The zero-order valence-electron chi connectivity index (χ0n) is 11.0. The molecule has 0 spiro atoms. The zero-order chi connectivity index (χ0) is 13.7. The summed E-state index contributed by atoms with van der Waals surface area (Å²) in [6.45, 7) is 1.39. The summed E-state index contributed by atoms with van der Waals surface area (Å²) in [7, 11) is 1.38. The van der Waals surface area contributed by atoms with Gasteiger partial charge in [-0.15, -0.1) is 0 Å². The minimum Gasteiger partial charge on any atom is -0.468 e. The molecular formula is C14H18N2O3. The Hall–Kier alpha value is -1.88. The van der Waals surface area contributed by atoms with E-state index < -0.39 is 0 Å². The van der Waals surface area contributed by atoms with Crippen molar-refractivity contribution in [2.45, 2.75) is 12.5 Å². The first-order valence-electron chi connectivity index (χ1n) is 6.33. The molecular weight excluding hydrogens is 244 g/mol. The third-order valence-corrected chi connectivity index (χ3v) is 3.28. The van der Waals surface area contributed by atoms with E-state index in [2.05, 4.69) is 5.32 Å². The van der Waals surface area contributed by atoms with E-state index in [-0.39, 0.29) is 24.5 Å². The van der Waals surface area contributed by atoms with Gasteiger partial charge in [-0.3, -0.25) is 14.5 Å². The van der Waals surface area contributed by atoms with Crippen LogP contribution in [0.5, 0.6) is 0 Å². The molecule has 5 heteroatoms. The standard InChI is InChI=1S/C14H18N2O3/c1-19-14(18)10-16-8-7-15-13(17)9-12(16)11-5-3-2-4-6-11/h2-6,12H,7-10H2,1H3,(H,15,17). The van der Waals surface area contributed by atoms with Gasteiger partial charge in [0.2, 0.25) is 5.91 Å². The van der Waals surface area contributed by atoms with Crippen molar-refractivity contribution < 1.29 is 14.3 Å². The molecule has 19 heavy (non-hydrogen) atoms. The van der Waals surface area contributed by atoms with E-state index in [0.717, 1.165) is 5.56 Å². The predicted molar refractivity (Wildman–Crippen MR) is 70.4 cm³/mol. The van der Waals surface area contributed by atoms with Gasteiger partial charge in [0.1, 0.15) is 0 Å². The SMILES string of the molecule is COC(=O)CN1CCNC(=O)CC1c1ccccc1. The highest BCUT2D eigenvalue weighted by Gasteiger charge is 2.27. The van der Waals surface area contributed by atoms with Crippen LogP contribution in [0.3, 0.4) is 0 Å². The van der Waals surface area contributed by atoms with Gasteiger partial charge in [0.25, 0.3) is 0 Å².